The molecular formula is C16H20N2O2. The van der Waals surface area contributed by atoms with Crippen LogP contribution in [0.15, 0.2) is 29.1 Å². The molecule has 2 rings (SSSR count). The molecule has 0 atom stereocenters. The Kier molecular flexibility index (Phi) is 4.56. The van der Waals surface area contributed by atoms with E-state index in [1.807, 2.05) is 31.2 Å². The fourth-order valence-electron chi connectivity index (χ4n) is 1.99. The molecule has 0 spiro atoms. The Bertz CT molecular complexity index is 630. The number of ether oxygens (including phenoxy) is 1. The summed E-state index contributed by atoms with van der Waals surface area (Å²) in [5, 5.41) is 0. The van der Waals surface area contributed by atoms with E-state index in [9.17, 15) is 4.79 Å². The zero-order valence-electron chi connectivity index (χ0n) is 12.2. The molecule has 1 heterocycles. The van der Waals surface area contributed by atoms with Crippen LogP contribution in [0, 0.1) is 6.92 Å². The number of aromatic amines is 1. The lowest BCUT2D eigenvalue weighted by molar-refractivity contribution is 0.317. The van der Waals surface area contributed by atoms with Crippen molar-refractivity contribution in [2.24, 2.45) is 0 Å². The Labute approximate surface area is 118 Å². The molecule has 0 fully saturated rings. The Hall–Kier alpha value is -2.10. The van der Waals surface area contributed by atoms with E-state index in [-0.39, 0.29) is 5.56 Å². The van der Waals surface area contributed by atoms with Crippen LogP contribution in [-0.4, -0.2) is 16.6 Å². The summed E-state index contributed by atoms with van der Waals surface area (Å²) in [7, 11) is 0. The molecule has 0 aliphatic heterocycles. The van der Waals surface area contributed by atoms with Crippen LogP contribution < -0.4 is 10.3 Å². The molecular weight excluding hydrogens is 252 g/mol. The lowest BCUT2D eigenvalue weighted by Gasteiger charge is -2.08. The van der Waals surface area contributed by atoms with Crippen LogP contribution in [-0.2, 0) is 6.42 Å². The van der Waals surface area contributed by atoms with Crippen molar-refractivity contribution in [3.8, 4) is 17.1 Å². The number of hydrogen-bond acceptors (Lipinski definition) is 3. The Morgan fingerprint density at radius 2 is 1.90 bits per heavy atom. The number of H-pyrrole nitrogens is 1. The summed E-state index contributed by atoms with van der Waals surface area (Å²) in [6, 6.07) is 7.63. The zero-order valence-corrected chi connectivity index (χ0v) is 12.2. The number of nitrogens with one attached hydrogen (secondary N) is 1. The Morgan fingerprint density at radius 1 is 1.20 bits per heavy atom. The van der Waals surface area contributed by atoms with Gasteiger partial charge in [-0.05, 0) is 44.0 Å². The van der Waals surface area contributed by atoms with Crippen LogP contribution in [0.5, 0.6) is 5.75 Å². The van der Waals surface area contributed by atoms with Crippen molar-refractivity contribution >= 4 is 0 Å². The summed E-state index contributed by atoms with van der Waals surface area (Å²) < 4.78 is 5.54. The van der Waals surface area contributed by atoms with Crippen LogP contribution >= 0.6 is 0 Å². The van der Waals surface area contributed by atoms with Gasteiger partial charge in [0.25, 0.3) is 5.56 Å². The van der Waals surface area contributed by atoms with Gasteiger partial charge in [-0.25, -0.2) is 4.98 Å². The monoisotopic (exact) mass is 272 g/mol. The summed E-state index contributed by atoms with van der Waals surface area (Å²) in [6.07, 6.45) is 1.73. The van der Waals surface area contributed by atoms with Crippen molar-refractivity contribution in [1.82, 2.24) is 9.97 Å². The highest BCUT2D eigenvalue weighted by atomic mass is 16.5. The lowest BCUT2D eigenvalue weighted by atomic mass is 10.1. The van der Waals surface area contributed by atoms with Gasteiger partial charge in [0.05, 0.1) is 12.3 Å². The first-order valence-corrected chi connectivity index (χ1v) is 6.98. The fourth-order valence-corrected chi connectivity index (χ4v) is 1.99. The molecule has 0 amide bonds. The topological polar surface area (TPSA) is 55.0 Å². The molecule has 1 N–H and O–H groups in total. The zero-order chi connectivity index (χ0) is 14.5. The van der Waals surface area contributed by atoms with Crippen molar-refractivity contribution in [1.29, 1.82) is 0 Å². The second-order valence-corrected chi connectivity index (χ2v) is 4.71. The van der Waals surface area contributed by atoms with Gasteiger partial charge in [-0.3, -0.25) is 4.79 Å². The van der Waals surface area contributed by atoms with Crippen molar-refractivity contribution in [2.75, 3.05) is 6.61 Å². The highest BCUT2D eigenvalue weighted by Gasteiger charge is 2.07. The van der Waals surface area contributed by atoms with E-state index < -0.39 is 0 Å². The minimum atomic E-state index is -0.0711. The van der Waals surface area contributed by atoms with E-state index in [1.165, 1.54) is 0 Å². The normalized spacial score (nSPS) is 10.6. The molecule has 0 aliphatic rings. The molecule has 20 heavy (non-hydrogen) atoms. The van der Waals surface area contributed by atoms with E-state index >= 15 is 0 Å². The van der Waals surface area contributed by atoms with E-state index in [1.54, 1.807) is 6.92 Å². The van der Waals surface area contributed by atoms with Crippen molar-refractivity contribution in [3.05, 3.63) is 45.9 Å². The van der Waals surface area contributed by atoms with Crippen LogP contribution in [0.2, 0.25) is 0 Å². The summed E-state index contributed by atoms with van der Waals surface area (Å²) >= 11 is 0. The number of rotatable bonds is 5. The van der Waals surface area contributed by atoms with E-state index in [4.69, 9.17) is 4.74 Å². The molecule has 0 unspecified atom stereocenters. The van der Waals surface area contributed by atoms with E-state index in [0.29, 0.717) is 18.0 Å². The summed E-state index contributed by atoms with van der Waals surface area (Å²) in [5.41, 5.74) is 2.35. The molecule has 0 saturated carbocycles. The molecule has 0 saturated heterocycles. The molecule has 4 nitrogen and oxygen atoms in total. The molecule has 1 aromatic heterocycles. The predicted molar refractivity (Wildman–Crippen MR) is 80.2 cm³/mol. The number of nitrogens with zero attached hydrogens (tertiary/aromatic N) is 1. The smallest absolute Gasteiger partial charge is 0.254 e. The molecule has 1 aromatic carbocycles. The second-order valence-electron chi connectivity index (χ2n) is 4.71. The van der Waals surface area contributed by atoms with Gasteiger partial charge in [-0.2, -0.15) is 0 Å². The Balaban J connectivity index is 2.32. The van der Waals surface area contributed by atoms with Gasteiger partial charge in [0.15, 0.2) is 0 Å². The average Bonchev–Trinajstić information content (AvgIpc) is 2.48. The maximum atomic E-state index is 11.9. The summed E-state index contributed by atoms with van der Waals surface area (Å²) in [6.45, 7) is 6.58. The van der Waals surface area contributed by atoms with Crippen molar-refractivity contribution < 1.29 is 4.74 Å². The van der Waals surface area contributed by atoms with Crippen molar-refractivity contribution in [2.45, 2.75) is 33.6 Å². The third kappa shape index (κ3) is 3.07. The number of hydrogen-bond donors (Lipinski definition) is 1. The first kappa shape index (κ1) is 14.3. The minimum absolute atomic E-state index is 0.0711. The van der Waals surface area contributed by atoms with E-state index in [2.05, 4.69) is 16.9 Å². The van der Waals surface area contributed by atoms with Gasteiger partial charge >= 0.3 is 0 Å². The van der Waals surface area contributed by atoms with Gasteiger partial charge < -0.3 is 9.72 Å². The van der Waals surface area contributed by atoms with Gasteiger partial charge in [0.2, 0.25) is 0 Å². The van der Waals surface area contributed by atoms with Gasteiger partial charge in [-0.1, -0.05) is 13.8 Å². The molecule has 0 aliphatic carbocycles. The standard InChI is InChI=1S/C16H20N2O2/c1-4-10-20-13-8-6-12(7-9-13)15-17-14(5-2)11(3)16(19)18-15/h6-9H,4-5,10H2,1-3H3,(H,17,18,19). The third-order valence-corrected chi connectivity index (χ3v) is 3.19. The first-order chi connectivity index (χ1) is 9.65. The highest BCUT2D eigenvalue weighted by molar-refractivity contribution is 5.56. The van der Waals surface area contributed by atoms with Crippen LogP contribution in [0.25, 0.3) is 11.4 Å². The third-order valence-electron chi connectivity index (χ3n) is 3.19. The highest BCUT2D eigenvalue weighted by Crippen LogP contribution is 2.19. The first-order valence-electron chi connectivity index (χ1n) is 6.98. The quantitative estimate of drug-likeness (QED) is 0.910. The van der Waals surface area contributed by atoms with Gasteiger partial charge in [0, 0.05) is 11.1 Å². The number of aromatic nitrogens is 2. The maximum Gasteiger partial charge on any atom is 0.254 e. The lowest BCUT2D eigenvalue weighted by Crippen LogP contribution is -2.15. The Morgan fingerprint density at radius 3 is 2.50 bits per heavy atom. The fraction of sp³-hybridized carbons (Fsp3) is 0.375. The summed E-state index contributed by atoms with van der Waals surface area (Å²) in [4.78, 5) is 19.2. The van der Waals surface area contributed by atoms with Crippen LogP contribution in [0.4, 0.5) is 0 Å². The number of benzene rings is 1. The SMILES string of the molecule is CCCOc1ccc(-c2nc(CC)c(C)c(=O)[nH]2)cc1. The average molecular weight is 272 g/mol. The molecule has 2 aromatic rings. The van der Waals surface area contributed by atoms with Gasteiger partial charge in [0.1, 0.15) is 11.6 Å². The molecule has 0 bridgehead atoms. The summed E-state index contributed by atoms with van der Waals surface area (Å²) in [5.74, 6) is 1.44. The van der Waals surface area contributed by atoms with E-state index in [0.717, 1.165) is 29.8 Å². The molecule has 106 valence electrons. The largest absolute Gasteiger partial charge is 0.494 e. The number of aryl methyl sites for hydroxylation is 1. The van der Waals surface area contributed by atoms with Gasteiger partial charge in [-0.15, -0.1) is 0 Å². The van der Waals surface area contributed by atoms with Crippen molar-refractivity contribution in [3.63, 3.8) is 0 Å². The van der Waals surface area contributed by atoms with Crippen LogP contribution in [0.3, 0.4) is 0 Å². The van der Waals surface area contributed by atoms with Crippen LogP contribution in [0.1, 0.15) is 31.5 Å². The molecule has 0 radical (unpaired) electrons. The maximum absolute atomic E-state index is 11.9. The predicted octanol–water partition coefficient (Wildman–Crippen LogP) is 3.10. The molecule has 4 heteroatoms. The second kappa shape index (κ2) is 6.37. The minimum Gasteiger partial charge on any atom is -0.494 e.